The molecule has 0 bridgehead atoms. The van der Waals surface area contributed by atoms with E-state index in [0.717, 1.165) is 11.1 Å². The van der Waals surface area contributed by atoms with Gasteiger partial charge < -0.3 is 10.1 Å². The van der Waals surface area contributed by atoms with E-state index in [1.807, 2.05) is 31.2 Å². The van der Waals surface area contributed by atoms with Crippen LogP contribution in [0.5, 0.6) is 0 Å². The molecule has 0 radical (unpaired) electrons. The van der Waals surface area contributed by atoms with Gasteiger partial charge in [-0.15, -0.1) is 0 Å². The van der Waals surface area contributed by atoms with E-state index in [4.69, 9.17) is 4.74 Å². The number of carbonyl (C=O) groups is 2. The number of amides is 1. The number of nitrogens with zero attached hydrogens (tertiary/aromatic N) is 1. The molecule has 0 unspecified atom stereocenters. The summed E-state index contributed by atoms with van der Waals surface area (Å²) in [6.45, 7) is 3.02. The Hall–Kier alpha value is -3.22. The van der Waals surface area contributed by atoms with Crippen LogP contribution in [0.3, 0.4) is 0 Å². The molecule has 2 aromatic rings. The topological polar surface area (TPSA) is 98.5 Å². The number of hydrogen-bond acceptors (Lipinski definition) is 5. The predicted molar refractivity (Wildman–Crippen MR) is 92.3 cm³/mol. The second kappa shape index (κ2) is 8.05. The third kappa shape index (κ3) is 4.87. The summed E-state index contributed by atoms with van der Waals surface area (Å²) >= 11 is 0. The minimum absolute atomic E-state index is 0.0600. The van der Waals surface area contributed by atoms with Crippen molar-refractivity contribution in [1.29, 1.82) is 0 Å². The molecule has 0 aliphatic rings. The molecular weight excluding hydrogens is 324 g/mol. The van der Waals surface area contributed by atoms with Crippen LogP contribution in [-0.2, 0) is 20.7 Å². The average molecular weight is 342 g/mol. The summed E-state index contributed by atoms with van der Waals surface area (Å²) in [5.74, 6) is -1.17. The first-order valence-corrected chi connectivity index (χ1v) is 7.62. The molecule has 0 aromatic heterocycles. The zero-order valence-electron chi connectivity index (χ0n) is 13.9. The molecule has 130 valence electrons. The number of rotatable bonds is 6. The Balaban J connectivity index is 1.94. The van der Waals surface area contributed by atoms with Gasteiger partial charge in [-0.05, 0) is 30.5 Å². The fraction of sp³-hybridized carbons (Fsp3) is 0.222. The van der Waals surface area contributed by atoms with Crippen LogP contribution >= 0.6 is 0 Å². The standard InChI is InChI=1S/C18H18N2O5/c1-12-6-3-4-8-14(12)10-17(22)25-11-16(21)19-18-13(2)7-5-9-15(18)20(23)24/h3-9H,10-11H2,1-2H3,(H,19,21). The van der Waals surface area contributed by atoms with Crippen LogP contribution in [0.1, 0.15) is 16.7 Å². The van der Waals surface area contributed by atoms with Gasteiger partial charge in [0.1, 0.15) is 5.69 Å². The third-order valence-electron chi connectivity index (χ3n) is 3.67. The van der Waals surface area contributed by atoms with Crippen LogP contribution in [0.2, 0.25) is 0 Å². The number of esters is 1. The maximum Gasteiger partial charge on any atom is 0.310 e. The lowest BCUT2D eigenvalue weighted by atomic mass is 10.1. The summed E-state index contributed by atoms with van der Waals surface area (Å²) in [6.07, 6.45) is 0.0600. The van der Waals surface area contributed by atoms with Crippen LogP contribution in [0.4, 0.5) is 11.4 Å². The van der Waals surface area contributed by atoms with Gasteiger partial charge in [0.2, 0.25) is 0 Å². The van der Waals surface area contributed by atoms with E-state index in [0.29, 0.717) is 5.56 Å². The predicted octanol–water partition coefficient (Wildman–Crippen LogP) is 2.94. The van der Waals surface area contributed by atoms with Gasteiger partial charge in [0.15, 0.2) is 6.61 Å². The highest BCUT2D eigenvalue weighted by atomic mass is 16.6. The highest BCUT2D eigenvalue weighted by Gasteiger charge is 2.18. The average Bonchev–Trinajstić information content (AvgIpc) is 2.56. The Morgan fingerprint density at radius 3 is 2.44 bits per heavy atom. The number of benzene rings is 2. The van der Waals surface area contributed by atoms with Gasteiger partial charge in [-0.25, -0.2) is 0 Å². The van der Waals surface area contributed by atoms with Crippen LogP contribution in [-0.4, -0.2) is 23.4 Å². The lowest BCUT2D eigenvalue weighted by molar-refractivity contribution is -0.384. The highest BCUT2D eigenvalue weighted by molar-refractivity contribution is 5.95. The number of nitro benzene ring substituents is 1. The molecule has 1 amide bonds. The fourth-order valence-corrected chi connectivity index (χ4v) is 2.30. The molecule has 0 heterocycles. The number of anilines is 1. The van der Waals surface area contributed by atoms with E-state index >= 15 is 0 Å². The van der Waals surface area contributed by atoms with E-state index in [1.54, 1.807) is 13.0 Å². The normalized spacial score (nSPS) is 10.2. The Morgan fingerprint density at radius 2 is 1.76 bits per heavy atom. The Kier molecular flexibility index (Phi) is 5.84. The van der Waals surface area contributed by atoms with Gasteiger partial charge >= 0.3 is 5.97 Å². The largest absolute Gasteiger partial charge is 0.455 e. The smallest absolute Gasteiger partial charge is 0.310 e. The summed E-state index contributed by atoms with van der Waals surface area (Å²) in [5, 5.41) is 13.5. The van der Waals surface area contributed by atoms with Crippen molar-refractivity contribution >= 4 is 23.3 Å². The quantitative estimate of drug-likeness (QED) is 0.494. The molecule has 0 fully saturated rings. The zero-order valence-corrected chi connectivity index (χ0v) is 13.9. The molecule has 0 aliphatic heterocycles. The monoisotopic (exact) mass is 342 g/mol. The summed E-state index contributed by atoms with van der Waals surface area (Å²) < 4.78 is 4.95. The van der Waals surface area contributed by atoms with E-state index in [2.05, 4.69) is 5.32 Å². The number of hydrogen-bond donors (Lipinski definition) is 1. The SMILES string of the molecule is Cc1ccccc1CC(=O)OCC(=O)Nc1c(C)cccc1[N+](=O)[O-]. The lowest BCUT2D eigenvalue weighted by Crippen LogP contribution is -2.22. The van der Waals surface area contributed by atoms with Crippen molar-refractivity contribution in [2.75, 3.05) is 11.9 Å². The molecule has 2 aromatic carbocycles. The van der Waals surface area contributed by atoms with E-state index in [-0.39, 0.29) is 17.8 Å². The number of nitro groups is 1. The number of para-hydroxylation sites is 1. The molecular formula is C18H18N2O5. The molecule has 7 nitrogen and oxygen atoms in total. The maximum atomic E-state index is 12.0. The molecule has 0 atom stereocenters. The number of carbonyl (C=O) groups excluding carboxylic acids is 2. The van der Waals surface area contributed by atoms with Crippen molar-refractivity contribution in [1.82, 2.24) is 0 Å². The van der Waals surface area contributed by atoms with Crippen molar-refractivity contribution < 1.29 is 19.2 Å². The molecule has 0 saturated heterocycles. The molecule has 25 heavy (non-hydrogen) atoms. The molecule has 0 spiro atoms. The van der Waals surface area contributed by atoms with Crippen LogP contribution < -0.4 is 5.32 Å². The lowest BCUT2D eigenvalue weighted by Gasteiger charge is -2.10. The zero-order chi connectivity index (χ0) is 18.4. The van der Waals surface area contributed by atoms with Gasteiger partial charge in [0.05, 0.1) is 11.3 Å². The first-order valence-electron chi connectivity index (χ1n) is 7.62. The van der Waals surface area contributed by atoms with Gasteiger partial charge in [-0.3, -0.25) is 19.7 Å². The highest BCUT2D eigenvalue weighted by Crippen LogP contribution is 2.27. The van der Waals surface area contributed by atoms with E-state index < -0.39 is 23.4 Å². The Bertz CT molecular complexity index is 817. The number of nitrogens with one attached hydrogen (secondary N) is 1. The minimum atomic E-state index is -0.629. The molecule has 0 aliphatic carbocycles. The summed E-state index contributed by atoms with van der Waals surface area (Å²) in [4.78, 5) is 34.3. The van der Waals surface area contributed by atoms with Gasteiger partial charge in [0, 0.05) is 6.07 Å². The second-order valence-electron chi connectivity index (χ2n) is 5.54. The molecule has 7 heteroatoms. The van der Waals surface area contributed by atoms with Gasteiger partial charge in [-0.2, -0.15) is 0 Å². The van der Waals surface area contributed by atoms with Gasteiger partial charge in [-0.1, -0.05) is 36.4 Å². The molecule has 1 N–H and O–H groups in total. The minimum Gasteiger partial charge on any atom is -0.455 e. The van der Waals surface area contributed by atoms with Crippen LogP contribution in [0.25, 0.3) is 0 Å². The van der Waals surface area contributed by atoms with Crippen molar-refractivity contribution in [3.63, 3.8) is 0 Å². The molecule has 0 saturated carbocycles. The first-order chi connectivity index (χ1) is 11.9. The van der Waals surface area contributed by atoms with E-state index in [9.17, 15) is 19.7 Å². The Morgan fingerprint density at radius 1 is 1.08 bits per heavy atom. The Labute approximate surface area is 144 Å². The third-order valence-corrected chi connectivity index (χ3v) is 3.67. The maximum absolute atomic E-state index is 12.0. The summed E-state index contributed by atoms with van der Waals surface area (Å²) in [7, 11) is 0. The fourth-order valence-electron chi connectivity index (χ4n) is 2.30. The van der Waals surface area contributed by atoms with Crippen molar-refractivity contribution in [3.05, 3.63) is 69.3 Å². The second-order valence-corrected chi connectivity index (χ2v) is 5.54. The van der Waals surface area contributed by atoms with Crippen LogP contribution in [0.15, 0.2) is 42.5 Å². The van der Waals surface area contributed by atoms with Crippen molar-refractivity contribution in [2.45, 2.75) is 20.3 Å². The van der Waals surface area contributed by atoms with Crippen molar-refractivity contribution in [3.8, 4) is 0 Å². The summed E-state index contributed by atoms with van der Waals surface area (Å²) in [5.41, 5.74) is 2.22. The van der Waals surface area contributed by atoms with Gasteiger partial charge in [0.25, 0.3) is 11.6 Å². The summed E-state index contributed by atoms with van der Waals surface area (Å²) in [6, 6.07) is 11.9. The molecule has 2 rings (SSSR count). The van der Waals surface area contributed by atoms with E-state index in [1.165, 1.54) is 12.1 Å². The van der Waals surface area contributed by atoms with Crippen LogP contribution in [0, 0.1) is 24.0 Å². The number of ether oxygens (including phenoxy) is 1. The number of aryl methyl sites for hydroxylation is 2. The first kappa shape index (κ1) is 18.1. The van der Waals surface area contributed by atoms with Crippen molar-refractivity contribution in [2.24, 2.45) is 0 Å².